The summed E-state index contributed by atoms with van der Waals surface area (Å²) in [4.78, 5) is 17.7. The van der Waals surface area contributed by atoms with Crippen LogP contribution >= 0.6 is 15.9 Å². The summed E-state index contributed by atoms with van der Waals surface area (Å²) in [7, 11) is 0. The second-order valence-electron chi connectivity index (χ2n) is 5.51. The molecular formula is C17H11BrF3N5O2. The molecule has 3 rings (SSSR count). The lowest BCUT2D eigenvalue weighted by molar-refractivity contribution is -0.384. The lowest BCUT2D eigenvalue weighted by Crippen LogP contribution is -2.12. The first-order valence-electron chi connectivity index (χ1n) is 7.71. The highest BCUT2D eigenvalue weighted by Crippen LogP contribution is 2.35. The van der Waals surface area contributed by atoms with E-state index in [2.05, 4.69) is 36.5 Å². The Balaban J connectivity index is 1.91. The van der Waals surface area contributed by atoms with Gasteiger partial charge in [0, 0.05) is 34.2 Å². The van der Waals surface area contributed by atoms with Crippen molar-refractivity contribution in [3.63, 3.8) is 0 Å². The largest absolute Gasteiger partial charge is 0.421 e. The third-order valence-electron chi connectivity index (χ3n) is 3.54. The number of rotatable bonds is 5. The molecule has 0 aliphatic heterocycles. The zero-order valence-corrected chi connectivity index (χ0v) is 15.5. The van der Waals surface area contributed by atoms with Crippen LogP contribution in [0.15, 0.2) is 59.2 Å². The van der Waals surface area contributed by atoms with Crippen LogP contribution in [0.25, 0.3) is 0 Å². The standard InChI is InChI=1S/C17H11BrF3N5O2/c18-10-1-3-12(4-2-10)24-16-22-9-14(17(19,20)21)15(25-16)23-11-5-7-13(8-6-11)26(27)28/h1-9H,(H2,22,23,24,25). The summed E-state index contributed by atoms with van der Waals surface area (Å²) in [6, 6.07) is 11.9. The molecule has 0 spiro atoms. The first-order chi connectivity index (χ1) is 13.2. The highest BCUT2D eigenvalue weighted by molar-refractivity contribution is 9.10. The van der Waals surface area contributed by atoms with Crippen molar-refractivity contribution in [3.05, 3.63) is 74.9 Å². The average molecular weight is 454 g/mol. The van der Waals surface area contributed by atoms with Crippen molar-refractivity contribution in [2.24, 2.45) is 0 Å². The fraction of sp³-hybridized carbons (Fsp3) is 0.0588. The van der Waals surface area contributed by atoms with Crippen LogP contribution in [0.1, 0.15) is 5.56 Å². The van der Waals surface area contributed by atoms with Crippen LogP contribution in [0.3, 0.4) is 0 Å². The smallest absolute Gasteiger partial charge is 0.340 e. The Morgan fingerprint density at radius 3 is 2.11 bits per heavy atom. The molecule has 1 aromatic heterocycles. The molecule has 0 saturated carbocycles. The number of alkyl halides is 3. The zero-order chi connectivity index (χ0) is 20.3. The van der Waals surface area contributed by atoms with Crippen LogP contribution in [-0.4, -0.2) is 14.9 Å². The molecule has 2 N–H and O–H groups in total. The minimum atomic E-state index is -4.68. The molecule has 0 bridgehead atoms. The second-order valence-corrected chi connectivity index (χ2v) is 6.43. The van der Waals surface area contributed by atoms with Crippen molar-refractivity contribution in [2.45, 2.75) is 6.18 Å². The van der Waals surface area contributed by atoms with E-state index in [4.69, 9.17) is 0 Å². The molecule has 0 fully saturated rings. The van der Waals surface area contributed by atoms with Crippen molar-refractivity contribution in [1.82, 2.24) is 9.97 Å². The lowest BCUT2D eigenvalue weighted by atomic mass is 10.2. The maximum atomic E-state index is 13.3. The van der Waals surface area contributed by atoms with Crippen molar-refractivity contribution in [3.8, 4) is 0 Å². The van der Waals surface area contributed by atoms with E-state index in [1.165, 1.54) is 24.3 Å². The first-order valence-corrected chi connectivity index (χ1v) is 8.50. The predicted molar refractivity (Wildman–Crippen MR) is 101 cm³/mol. The molecule has 0 saturated heterocycles. The van der Waals surface area contributed by atoms with Gasteiger partial charge in [0.05, 0.1) is 4.92 Å². The van der Waals surface area contributed by atoms with Gasteiger partial charge in [0.25, 0.3) is 5.69 Å². The minimum Gasteiger partial charge on any atom is -0.340 e. The SMILES string of the molecule is O=[N+]([O-])c1ccc(Nc2nc(Nc3ccc(Br)cc3)ncc2C(F)(F)F)cc1. The topological polar surface area (TPSA) is 93.0 Å². The van der Waals surface area contributed by atoms with Crippen LogP contribution in [0.5, 0.6) is 0 Å². The van der Waals surface area contributed by atoms with Crippen LogP contribution in [0, 0.1) is 10.1 Å². The summed E-state index contributed by atoms with van der Waals surface area (Å²) in [6.07, 6.45) is -4.01. The Morgan fingerprint density at radius 1 is 0.964 bits per heavy atom. The molecular weight excluding hydrogens is 443 g/mol. The van der Waals surface area contributed by atoms with Gasteiger partial charge in [-0.25, -0.2) is 4.98 Å². The average Bonchev–Trinajstić information content (AvgIpc) is 2.63. The minimum absolute atomic E-state index is 0.0419. The molecule has 0 radical (unpaired) electrons. The summed E-state index contributed by atoms with van der Waals surface area (Å²) in [6.45, 7) is 0. The Labute approximate surface area is 164 Å². The van der Waals surface area contributed by atoms with E-state index in [0.717, 1.165) is 4.47 Å². The van der Waals surface area contributed by atoms with Gasteiger partial charge in [-0.15, -0.1) is 0 Å². The Kier molecular flexibility index (Phi) is 5.45. The van der Waals surface area contributed by atoms with E-state index < -0.39 is 22.5 Å². The molecule has 0 aliphatic rings. The maximum Gasteiger partial charge on any atom is 0.421 e. The van der Waals surface area contributed by atoms with Crippen molar-refractivity contribution in [1.29, 1.82) is 0 Å². The number of nitrogens with zero attached hydrogens (tertiary/aromatic N) is 3. The van der Waals surface area contributed by atoms with E-state index in [-0.39, 0.29) is 17.3 Å². The normalized spacial score (nSPS) is 11.1. The summed E-state index contributed by atoms with van der Waals surface area (Å²) in [5, 5.41) is 16.1. The quantitative estimate of drug-likeness (QED) is 0.382. The van der Waals surface area contributed by atoms with Crippen LogP contribution < -0.4 is 10.6 Å². The van der Waals surface area contributed by atoms with Gasteiger partial charge in [-0.05, 0) is 36.4 Å². The van der Waals surface area contributed by atoms with E-state index in [0.29, 0.717) is 11.9 Å². The predicted octanol–water partition coefficient (Wildman–Crippen LogP) is 5.65. The number of nitro groups is 1. The third-order valence-corrected chi connectivity index (χ3v) is 4.06. The van der Waals surface area contributed by atoms with Gasteiger partial charge in [-0.3, -0.25) is 10.1 Å². The first kappa shape index (κ1) is 19.5. The number of aromatic nitrogens is 2. The van der Waals surface area contributed by atoms with Gasteiger partial charge in [-0.1, -0.05) is 15.9 Å². The molecule has 7 nitrogen and oxygen atoms in total. The van der Waals surface area contributed by atoms with E-state index in [1.807, 2.05) is 0 Å². The Hall–Kier alpha value is -3.21. The molecule has 1 heterocycles. The van der Waals surface area contributed by atoms with E-state index in [9.17, 15) is 23.3 Å². The van der Waals surface area contributed by atoms with Gasteiger partial charge in [0.2, 0.25) is 5.95 Å². The van der Waals surface area contributed by atoms with Crippen LogP contribution in [0.2, 0.25) is 0 Å². The number of halogens is 4. The molecule has 11 heteroatoms. The van der Waals surface area contributed by atoms with Crippen molar-refractivity contribution < 1.29 is 18.1 Å². The summed E-state index contributed by atoms with van der Waals surface area (Å²) in [5.41, 5.74) is -0.442. The molecule has 2 aromatic carbocycles. The monoisotopic (exact) mass is 453 g/mol. The molecule has 0 atom stereocenters. The number of nitrogens with one attached hydrogen (secondary N) is 2. The fourth-order valence-corrected chi connectivity index (χ4v) is 2.47. The Bertz CT molecular complexity index is 995. The number of non-ortho nitro benzene ring substituents is 1. The van der Waals surface area contributed by atoms with E-state index >= 15 is 0 Å². The summed E-state index contributed by atoms with van der Waals surface area (Å²) in [5.74, 6) is -0.518. The molecule has 0 aliphatic carbocycles. The number of anilines is 4. The second kappa shape index (κ2) is 7.80. The van der Waals surface area contributed by atoms with Crippen molar-refractivity contribution >= 4 is 44.8 Å². The van der Waals surface area contributed by atoms with Gasteiger partial charge >= 0.3 is 6.18 Å². The van der Waals surface area contributed by atoms with Crippen LogP contribution in [-0.2, 0) is 6.18 Å². The molecule has 0 amide bonds. The Morgan fingerprint density at radius 2 is 1.54 bits per heavy atom. The number of nitro benzene ring substituents is 1. The van der Waals surface area contributed by atoms with Gasteiger partial charge in [-0.2, -0.15) is 18.2 Å². The van der Waals surface area contributed by atoms with Crippen molar-refractivity contribution in [2.75, 3.05) is 10.6 Å². The van der Waals surface area contributed by atoms with Gasteiger partial charge in [0.15, 0.2) is 0 Å². The molecule has 28 heavy (non-hydrogen) atoms. The number of hydrogen-bond donors (Lipinski definition) is 2. The van der Waals surface area contributed by atoms with E-state index in [1.54, 1.807) is 24.3 Å². The fourth-order valence-electron chi connectivity index (χ4n) is 2.21. The highest BCUT2D eigenvalue weighted by atomic mass is 79.9. The number of hydrogen-bond acceptors (Lipinski definition) is 6. The van der Waals surface area contributed by atoms with Crippen LogP contribution in [0.4, 0.5) is 42.0 Å². The third kappa shape index (κ3) is 4.74. The summed E-state index contributed by atoms with van der Waals surface area (Å²) < 4.78 is 40.7. The van der Waals surface area contributed by atoms with Gasteiger partial charge in [0.1, 0.15) is 11.4 Å². The molecule has 0 unspecified atom stereocenters. The summed E-state index contributed by atoms with van der Waals surface area (Å²) >= 11 is 3.29. The number of benzene rings is 2. The van der Waals surface area contributed by atoms with Gasteiger partial charge < -0.3 is 10.6 Å². The lowest BCUT2D eigenvalue weighted by Gasteiger charge is -2.15. The molecule has 144 valence electrons. The molecule has 3 aromatic rings. The maximum absolute atomic E-state index is 13.3. The zero-order valence-electron chi connectivity index (χ0n) is 13.9. The highest BCUT2D eigenvalue weighted by Gasteiger charge is 2.35.